The van der Waals surface area contributed by atoms with Gasteiger partial charge in [0.25, 0.3) is 0 Å². The minimum atomic E-state index is -3.60. The van der Waals surface area contributed by atoms with E-state index in [1.807, 2.05) is 6.92 Å². The van der Waals surface area contributed by atoms with Crippen molar-refractivity contribution >= 4 is 27.5 Å². The minimum absolute atomic E-state index is 0.0198. The van der Waals surface area contributed by atoms with E-state index >= 15 is 0 Å². The number of halogens is 1. The molecule has 1 saturated heterocycles. The number of aryl methyl sites for hydroxylation is 3. The summed E-state index contributed by atoms with van der Waals surface area (Å²) in [6.07, 6.45) is 5.06. The van der Waals surface area contributed by atoms with Crippen LogP contribution in [-0.2, 0) is 27.9 Å². The molecule has 2 aromatic rings. The lowest BCUT2D eigenvalue weighted by atomic mass is 10.3. The molecular weight excluding hydrogens is 392 g/mol. The standard InChI is InChI=1S/C16H23ClN6O3S/c1-3-21-12-15(13(2)19-21)27(25,26)23-8-6-20(7-9-23)16(24)4-5-22-11-14(17)10-18-22/h10-12H,3-9H2,1-2H3. The maximum atomic E-state index is 12.9. The fourth-order valence-electron chi connectivity index (χ4n) is 3.06. The van der Waals surface area contributed by atoms with Gasteiger partial charge in [0.15, 0.2) is 0 Å². The van der Waals surface area contributed by atoms with E-state index in [2.05, 4.69) is 10.2 Å². The molecule has 27 heavy (non-hydrogen) atoms. The van der Waals surface area contributed by atoms with Crippen LogP contribution in [0.25, 0.3) is 0 Å². The van der Waals surface area contributed by atoms with Crippen LogP contribution in [0, 0.1) is 6.92 Å². The summed E-state index contributed by atoms with van der Waals surface area (Å²) in [7, 11) is -3.60. The van der Waals surface area contributed by atoms with Crippen LogP contribution in [0.4, 0.5) is 0 Å². The number of hydrogen-bond donors (Lipinski definition) is 0. The highest BCUT2D eigenvalue weighted by molar-refractivity contribution is 7.89. The number of carbonyl (C=O) groups excluding carboxylic acids is 1. The zero-order valence-electron chi connectivity index (χ0n) is 15.4. The molecule has 0 aliphatic carbocycles. The van der Waals surface area contributed by atoms with Gasteiger partial charge in [0.1, 0.15) is 4.90 Å². The number of hydrogen-bond acceptors (Lipinski definition) is 5. The Bertz CT molecular complexity index is 914. The molecule has 0 saturated carbocycles. The van der Waals surface area contributed by atoms with Gasteiger partial charge in [-0.25, -0.2) is 8.42 Å². The molecule has 0 radical (unpaired) electrons. The van der Waals surface area contributed by atoms with Crippen molar-refractivity contribution in [3.63, 3.8) is 0 Å². The molecule has 1 aliphatic heterocycles. The average Bonchev–Trinajstić information content (AvgIpc) is 3.25. The molecule has 1 fully saturated rings. The number of carbonyl (C=O) groups is 1. The normalized spacial score (nSPS) is 16.0. The van der Waals surface area contributed by atoms with Crippen molar-refractivity contribution in [3.8, 4) is 0 Å². The second-order valence-electron chi connectivity index (χ2n) is 6.39. The Hall–Kier alpha value is -1.91. The summed E-state index contributed by atoms with van der Waals surface area (Å²) in [5, 5.41) is 8.79. The Morgan fingerprint density at radius 1 is 1.19 bits per heavy atom. The highest BCUT2D eigenvalue weighted by Gasteiger charge is 2.32. The third-order valence-electron chi connectivity index (χ3n) is 4.59. The second kappa shape index (κ2) is 7.99. The van der Waals surface area contributed by atoms with Gasteiger partial charge in [-0.05, 0) is 13.8 Å². The molecule has 0 atom stereocenters. The summed E-state index contributed by atoms with van der Waals surface area (Å²) in [6.45, 7) is 5.96. The number of nitrogens with zero attached hydrogens (tertiary/aromatic N) is 6. The maximum Gasteiger partial charge on any atom is 0.246 e. The quantitative estimate of drug-likeness (QED) is 0.702. The van der Waals surface area contributed by atoms with Gasteiger partial charge in [-0.15, -0.1) is 0 Å². The van der Waals surface area contributed by atoms with E-state index in [9.17, 15) is 13.2 Å². The van der Waals surface area contributed by atoms with E-state index in [-0.39, 0.29) is 23.9 Å². The molecule has 1 aliphatic rings. The maximum absolute atomic E-state index is 12.9. The fraction of sp³-hybridized carbons (Fsp3) is 0.562. The lowest BCUT2D eigenvalue weighted by molar-refractivity contribution is -0.132. The molecule has 0 aromatic carbocycles. The van der Waals surface area contributed by atoms with Crippen LogP contribution in [-0.4, -0.2) is 69.3 Å². The zero-order chi connectivity index (χ0) is 19.6. The highest BCUT2D eigenvalue weighted by atomic mass is 35.5. The van der Waals surface area contributed by atoms with Gasteiger partial charge >= 0.3 is 0 Å². The third-order valence-corrected chi connectivity index (χ3v) is 6.79. The Balaban J connectivity index is 1.57. The monoisotopic (exact) mass is 414 g/mol. The van der Waals surface area contributed by atoms with Crippen LogP contribution in [0.1, 0.15) is 19.0 Å². The van der Waals surface area contributed by atoms with E-state index in [0.717, 1.165) is 0 Å². The van der Waals surface area contributed by atoms with Gasteiger partial charge in [0.05, 0.1) is 16.9 Å². The lowest BCUT2D eigenvalue weighted by Crippen LogP contribution is -2.50. The average molecular weight is 415 g/mol. The summed E-state index contributed by atoms with van der Waals surface area (Å²) < 4.78 is 30.4. The van der Waals surface area contributed by atoms with Crippen molar-refractivity contribution in [1.82, 2.24) is 28.8 Å². The number of sulfonamides is 1. The minimum Gasteiger partial charge on any atom is -0.340 e. The predicted octanol–water partition coefficient (Wildman–Crippen LogP) is 0.985. The molecule has 2 aromatic heterocycles. The molecule has 3 heterocycles. The SMILES string of the molecule is CCn1cc(S(=O)(=O)N2CCN(C(=O)CCn3cc(Cl)cn3)CC2)c(C)n1. The van der Waals surface area contributed by atoms with Gasteiger partial charge in [-0.3, -0.25) is 14.2 Å². The fourth-order valence-corrected chi connectivity index (χ4v) is 4.81. The first-order valence-corrected chi connectivity index (χ1v) is 10.6. The van der Waals surface area contributed by atoms with Crippen LogP contribution < -0.4 is 0 Å². The summed E-state index contributed by atoms with van der Waals surface area (Å²) in [5.41, 5.74) is 0.494. The van der Waals surface area contributed by atoms with Crippen molar-refractivity contribution in [2.75, 3.05) is 26.2 Å². The first kappa shape index (κ1) is 19.8. The van der Waals surface area contributed by atoms with Crippen LogP contribution >= 0.6 is 11.6 Å². The smallest absolute Gasteiger partial charge is 0.246 e. The number of amides is 1. The summed E-state index contributed by atoms with van der Waals surface area (Å²) in [4.78, 5) is 14.3. The largest absolute Gasteiger partial charge is 0.340 e. The molecule has 11 heteroatoms. The summed E-state index contributed by atoms with van der Waals surface area (Å²) in [6, 6.07) is 0. The van der Waals surface area contributed by atoms with Crippen LogP contribution in [0.3, 0.4) is 0 Å². The van der Waals surface area contributed by atoms with Gasteiger partial charge in [-0.2, -0.15) is 14.5 Å². The highest BCUT2D eigenvalue weighted by Crippen LogP contribution is 2.20. The second-order valence-corrected chi connectivity index (χ2v) is 8.73. The van der Waals surface area contributed by atoms with Crippen LogP contribution in [0.5, 0.6) is 0 Å². The topological polar surface area (TPSA) is 93.3 Å². The molecule has 3 rings (SSSR count). The van der Waals surface area contributed by atoms with Crippen LogP contribution in [0.15, 0.2) is 23.5 Å². The van der Waals surface area contributed by atoms with Crippen molar-refractivity contribution < 1.29 is 13.2 Å². The molecule has 0 unspecified atom stereocenters. The van der Waals surface area contributed by atoms with Gasteiger partial charge in [0.2, 0.25) is 15.9 Å². The predicted molar refractivity (Wildman–Crippen MR) is 99.8 cm³/mol. The Morgan fingerprint density at radius 2 is 1.89 bits per heavy atom. The van der Waals surface area contributed by atoms with Crippen molar-refractivity contribution in [2.24, 2.45) is 0 Å². The number of aromatic nitrogens is 4. The Morgan fingerprint density at radius 3 is 2.44 bits per heavy atom. The Labute approximate surface area is 163 Å². The first-order valence-electron chi connectivity index (χ1n) is 8.81. The zero-order valence-corrected chi connectivity index (χ0v) is 16.9. The van der Waals surface area contributed by atoms with Gasteiger partial charge in [0, 0.05) is 58.1 Å². The van der Waals surface area contributed by atoms with Crippen LogP contribution in [0.2, 0.25) is 5.02 Å². The van der Waals surface area contributed by atoms with E-state index in [4.69, 9.17) is 11.6 Å². The van der Waals surface area contributed by atoms with E-state index in [0.29, 0.717) is 43.3 Å². The first-order chi connectivity index (χ1) is 12.8. The summed E-state index contributed by atoms with van der Waals surface area (Å²) >= 11 is 5.81. The molecule has 0 spiro atoms. The van der Waals surface area contributed by atoms with Crippen molar-refractivity contribution in [2.45, 2.75) is 38.3 Å². The van der Waals surface area contributed by atoms with Crippen molar-refractivity contribution in [3.05, 3.63) is 29.3 Å². The molecule has 0 N–H and O–H groups in total. The molecule has 148 valence electrons. The molecular formula is C16H23ClN6O3S. The van der Waals surface area contributed by atoms with E-state index in [1.54, 1.807) is 33.6 Å². The third kappa shape index (κ3) is 4.33. The van der Waals surface area contributed by atoms with E-state index < -0.39 is 10.0 Å². The van der Waals surface area contributed by atoms with Gasteiger partial charge < -0.3 is 4.90 Å². The molecule has 9 nitrogen and oxygen atoms in total. The molecule has 1 amide bonds. The molecule has 0 bridgehead atoms. The lowest BCUT2D eigenvalue weighted by Gasteiger charge is -2.34. The van der Waals surface area contributed by atoms with Crippen molar-refractivity contribution in [1.29, 1.82) is 0 Å². The Kier molecular flexibility index (Phi) is 5.87. The number of piperazine rings is 1. The van der Waals surface area contributed by atoms with Gasteiger partial charge in [-0.1, -0.05) is 11.6 Å². The number of rotatable bonds is 6. The summed E-state index contributed by atoms with van der Waals surface area (Å²) in [5.74, 6) is -0.0198. The van der Waals surface area contributed by atoms with E-state index in [1.165, 1.54) is 10.5 Å².